The molecule has 0 atom stereocenters. The zero-order valence-corrected chi connectivity index (χ0v) is 15.3. The molecule has 1 N–H and O–H groups in total. The summed E-state index contributed by atoms with van der Waals surface area (Å²) >= 11 is 2.83. The molecule has 0 saturated heterocycles. The van der Waals surface area contributed by atoms with E-state index in [4.69, 9.17) is 0 Å². The van der Waals surface area contributed by atoms with Gasteiger partial charge in [-0.05, 0) is 35.9 Å². The second kappa shape index (κ2) is 7.17. The van der Waals surface area contributed by atoms with Gasteiger partial charge in [0.15, 0.2) is 9.84 Å². The Morgan fingerprint density at radius 1 is 1.16 bits per heavy atom. The Bertz CT molecular complexity index is 911. The lowest BCUT2D eigenvalue weighted by molar-refractivity contribution is -0.138. The number of amides is 1. The maximum atomic E-state index is 12.9. The highest BCUT2D eigenvalue weighted by atomic mass is 79.9. The van der Waals surface area contributed by atoms with Gasteiger partial charge in [-0.15, -0.1) is 0 Å². The number of sulfone groups is 1. The number of rotatable bonds is 4. The fourth-order valence-electron chi connectivity index (χ4n) is 2.13. The third kappa shape index (κ3) is 5.57. The van der Waals surface area contributed by atoms with Crippen LogP contribution in [0.5, 0.6) is 0 Å². The largest absolute Gasteiger partial charge is 0.417 e. The molecule has 0 unspecified atom stereocenters. The first-order valence-corrected chi connectivity index (χ1v) is 9.76. The summed E-state index contributed by atoms with van der Waals surface area (Å²) in [5.41, 5.74) is -0.357. The normalized spacial score (nSPS) is 12.0. The summed E-state index contributed by atoms with van der Waals surface area (Å²) in [6, 6.07) is 9.25. The van der Waals surface area contributed by atoms with E-state index >= 15 is 0 Å². The van der Waals surface area contributed by atoms with Crippen molar-refractivity contribution in [3.05, 3.63) is 63.6 Å². The molecule has 0 aliphatic carbocycles. The number of carbonyl (C=O) groups is 1. The third-order valence-electron chi connectivity index (χ3n) is 3.15. The van der Waals surface area contributed by atoms with Gasteiger partial charge in [0.25, 0.3) is 5.91 Å². The molecule has 0 bridgehead atoms. The van der Waals surface area contributed by atoms with Gasteiger partial charge in [-0.3, -0.25) is 4.79 Å². The Morgan fingerprint density at radius 3 is 2.44 bits per heavy atom. The van der Waals surface area contributed by atoms with Crippen LogP contribution in [0.1, 0.15) is 21.5 Å². The maximum absolute atomic E-state index is 12.9. The Balaban J connectivity index is 2.24. The summed E-state index contributed by atoms with van der Waals surface area (Å²) in [7, 11) is -3.27. The van der Waals surface area contributed by atoms with Crippen molar-refractivity contribution < 1.29 is 26.4 Å². The van der Waals surface area contributed by atoms with E-state index < -0.39 is 27.5 Å². The fourth-order valence-corrected chi connectivity index (χ4v) is 3.39. The van der Waals surface area contributed by atoms with Gasteiger partial charge in [-0.1, -0.05) is 28.1 Å². The third-order valence-corrected chi connectivity index (χ3v) is 4.70. The first-order valence-electron chi connectivity index (χ1n) is 6.90. The lowest BCUT2D eigenvalue weighted by Gasteiger charge is -2.12. The molecular formula is C16H13BrF3NO3S. The summed E-state index contributed by atoms with van der Waals surface area (Å²) in [6.07, 6.45) is -3.49. The smallest absolute Gasteiger partial charge is 0.322 e. The molecule has 0 saturated carbocycles. The first-order chi connectivity index (χ1) is 11.5. The predicted molar refractivity (Wildman–Crippen MR) is 92.1 cm³/mol. The summed E-state index contributed by atoms with van der Waals surface area (Å²) < 4.78 is 61.2. The highest BCUT2D eigenvalue weighted by Gasteiger charge is 2.33. The Hall–Kier alpha value is -1.87. The number of hydrogen-bond donors (Lipinski definition) is 1. The summed E-state index contributed by atoms with van der Waals surface area (Å²) in [4.78, 5) is 12.2. The van der Waals surface area contributed by atoms with Crippen molar-refractivity contribution in [3.63, 3.8) is 0 Å². The van der Waals surface area contributed by atoms with E-state index in [9.17, 15) is 26.4 Å². The van der Waals surface area contributed by atoms with Gasteiger partial charge in [-0.2, -0.15) is 13.2 Å². The van der Waals surface area contributed by atoms with Crippen LogP contribution < -0.4 is 5.32 Å². The molecule has 0 aliphatic rings. The molecule has 2 aromatic rings. The van der Waals surface area contributed by atoms with Crippen LogP contribution in [0.15, 0.2) is 46.9 Å². The standard InChI is InChI=1S/C16H13BrF3NO3S/c1-25(23,24)9-10-3-2-4-11(7-10)15(22)21-12-5-6-14(17)13(8-12)16(18,19)20/h2-8H,9H2,1H3,(H,21,22). The van der Waals surface area contributed by atoms with Crippen molar-refractivity contribution in [2.45, 2.75) is 11.9 Å². The molecular weight excluding hydrogens is 423 g/mol. The maximum Gasteiger partial charge on any atom is 0.417 e. The van der Waals surface area contributed by atoms with Crippen LogP contribution in [0.4, 0.5) is 18.9 Å². The predicted octanol–water partition coefficient (Wildman–Crippen LogP) is 4.26. The molecule has 2 aromatic carbocycles. The molecule has 1 amide bonds. The van der Waals surface area contributed by atoms with E-state index in [2.05, 4.69) is 21.2 Å². The van der Waals surface area contributed by atoms with Crippen LogP contribution in [0.3, 0.4) is 0 Å². The number of halogens is 4. The van der Waals surface area contributed by atoms with Gasteiger partial charge in [0.05, 0.1) is 11.3 Å². The van der Waals surface area contributed by atoms with Gasteiger partial charge in [-0.25, -0.2) is 8.42 Å². The van der Waals surface area contributed by atoms with Crippen molar-refractivity contribution in [2.24, 2.45) is 0 Å². The Labute approximate surface area is 151 Å². The Morgan fingerprint density at radius 2 is 1.84 bits per heavy atom. The van der Waals surface area contributed by atoms with E-state index in [1.165, 1.54) is 30.3 Å². The number of anilines is 1. The number of nitrogens with one attached hydrogen (secondary N) is 1. The fraction of sp³-hybridized carbons (Fsp3) is 0.188. The lowest BCUT2D eigenvalue weighted by atomic mass is 10.1. The van der Waals surface area contributed by atoms with Crippen molar-refractivity contribution in [2.75, 3.05) is 11.6 Å². The van der Waals surface area contributed by atoms with Crippen LogP contribution in [0.25, 0.3) is 0 Å². The highest BCUT2D eigenvalue weighted by molar-refractivity contribution is 9.10. The van der Waals surface area contributed by atoms with Gasteiger partial charge in [0, 0.05) is 22.0 Å². The molecule has 0 radical (unpaired) electrons. The average Bonchev–Trinajstić information content (AvgIpc) is 2.46. The van der Waals surface area contributed by atoms with E-state index in [0.717, 1.165) is 12.3 Å². The van der Waals surface area contributed by atoms with Gasteiger partial charge >= 0.3 is 6.18 Å². The van der Waals surface area contributed by atoms with Crippen LogP contribution >= 0.6 is 15.9 Å². The first kappa shape index (κ1) is 19.5. The van der Waals surface area contributed by atoms with Gasteiger partial charge in [0.2, 0.25) is 0 Å². The molecule has 0 fully saturated rings. The van der Waals surface area contributed by atoms with E-state index in [0.29, 0.717) is 5.56 Å². The summed E-state index contributed by atoms with van der Waals surface area (Å²) in [5, 5.41) is 2.38. The van der Waals surface area contributed by atoms with Gasteiger partial charge in [0.1, 0.15) is 0 Å². The van der Waals surface area contributed by atoms with Crippen molar-refractivity contribution in [1.29, 1.82) is 0 Å². The second-order valence-electron chi connectivity index (χ2n) is 5.42. The lowest BCUT2D eigenvalue weighted by Crippen LogP contribution is -2.14. The zero-order valence-electron chi connectivity index (χ0n) is 12.9. The molecule has 0 heterocycles. The molecule has 2 rings (SSSR count). The summed E-state index contributed by atoms with van der Waals surface area (Å²) in [5.74, 6) is -0.865. The van der Waals surface area contributed by atoms with E-state index in [1.807, 2.05) is 0 Å². The minimum Gasteiger partial charge on any atom is -0.322 e. The molecule has 134 valence electrons. The number of benzene rings is 2. The van der Waals surface area contributed by atoms with Crippen molar-refractivity contribution in [3.8, 4) is 0 Å². The average molecular weight is 436 g/mol. The number of alkyl halides is 3. The molecule has 9 heteroatoms. The van der Waals surface area contributed by atoms with Crippen LogP contribution in [0, 0.1) is 0 Å². The molecule has 4 nitrogen and oxygen atoms in total. The highest BCUT2D eigenvalue weighted by Crippen LogP contribution is 2.36. The molecule has 0 spiro atoms. The topological polar surface area (TPSA) is 63.2 Å². The minimum atomic E-state index is -4.56. The van der Waals surface area contributed by atoms with Crippen LogP contribution in [-0.2, 0) is 21.8 Å². The van der Waals surface area contributed by atoms with Crippen LogP contribution in [0.2, 0.25) is 0 Å². The zero-order chi connectivity index (χ0) is 18.8. The van der Waals surface area contributed by atoms with Gasteiger partial charge < -0.3 is 5.32 Å². The van der Waals surface area contributed by atoms with E-state index in [1.54, 1.807) is 6.07 Å². The summed E-state index contributed by atoms with van der Waals surface area (Å²) in [6.45, 7) is 0. The van der Waals surface area contributed by atoms with Crippen molar-refractivity contribution in [1.82, 2.24) is 0 Å². The minimum absolute atomic E-state index is 0.0194. The second-order valence-corrected chi connectivity index (χ2v) is 8.41. The van der Waals surface area contributed by atoms with Crippen molar-refractivity contribution >= 4 is 37.4 Å². The SMILES string of the molecule is CS(=O)(=O)Cc1cccc(C(=O)Nc2ccc(Br)c(C(F)(F)F)c2)c1. The Kier molecular flexibility index (Phi) is 5.58. The molecule has 0 aromatic heterocycles. The van der Waals surface area contributed by atoms with Crippen LogP contribution in [-0.4, -0.2) is 20.6 Å². The molecule has 0 aliphatic heterocycles. The number of hydrogen-bond acceptors (Lipinski definition) is 3. The molecule has 25 heavy (non-hydrogen) atoms. The number of carbonyl (C=O) groups excluding carboxylic acids is 1. The van der Waals surface area contributed by atoms with E-state index in [-0.39, 0.29) is 21.5 Å². The quantitative estimate of drug-likeness (QED) is 0.779. The monoisotopic (exact) mass is 435 g/mol.